The van der Waals surface area contributed by atoms with E-state index in [1.54, 1.807) is 24.3 Å². The minimum absolute atomic E-state index is 0.264. The first-order valence-electron chi connectivity index (χ1n) is 9.00. The van der Waals surface area contributed by atoms with Crippen LogP contribution in [0.1, 0.15) is 19.3 Å². The van der Waals surface area contributed by atoms with Crippen LogP contribution in [-0.4, -0.2) is 41.7 Å². The Bertz CT molecular complexity index is 781. The van der Waals surface area contributed by atoms with Gasteiger partial charge >= 0.3 is 5.97 Å². The van der Waals surface area contributed by atoms with E-state index in [4.69, 9.17) is 16.3 Å². The smallest absolute Gasteiger partial charge is 0.326 e. The number of anilines is 1. The molecule has 1 aromatic rings. The molecule has 3 aliphatic rings. The number of imide groups is 1. The predicted molar refractivity (Wildman–Crippen MR) is 95.6 cm³/mol. The van der Waals surface area contributed by atoms with Crippen molar-refractivity contribution in [3.05, 3.63) is 29.3 Å². The summed E-state index contributed by atoms with van der Waals surface area (Å²) in [4.78, 5) is 50.0. The van der Waals surface area contributed by atoms with E-state index in [0.29, 0.717) is 10.7 Å². The number of carbonyl (C=O) groups is 4. The van der Waals surface area contributed by atoms with Crippen LogP contribution in [0.25, 0.3) is 0 Å². The van der Waals surface area contributed by atoms with Gasteiger partial charge in [0.05, 0.1) is 11.8 Å². The van der Waals surface area contributed by atoms with Crippen LogP contribution in [0.3, 0.4) is 0 Å². The van der Waals surface area contributed by atoms with Gasteiger partial charge in [0.2, 0.25) is 11.8 Å². The van der Waals surface area contributed by atoms with Crippen molar-refractivity contribution >= 4 is 41.0 Å². The van der Waals surface area contributed by atoms with Crippen molar-refractivity contribution in [2.45, 2.75) is 19.3 Å². The highest BCUT2D eigenvalue weighted by Crippen LogP contribution is 2.56. The normalized spacial score (nSPS) is 28.4. The Kier molecular flexibility index (Phi) is 4.63. The van der Waals surface area contributed by atoms with Crippen molar-refractivity contribution in [2.75, 3.05) is 18.5 Å². The Morgan fingerprint density at radius 1 is 1.07 bits per heavy atom. The molecule has 3 fully saturated rings. The maximum atomic E-state index is 12.5. The van der Waals surface area contributed by atoms with Crippen molar-refractivity contribution in [3.63, 3.8) is 0 Å². The van der Waals surface area contributed by atoms with Gasteiger partial charge < -0.3 is 10.1 Å². The van der Waals surface area contributed by atoms with Crippen LogP contribution in [0.5, 0.6) is 0 Å². The molecule has 0 aromatic heterocycles. The Morgan fingerprint density at radius 2 is 1.67 bits per heavy atom. The van der Waals surface area contributed by atoms with Crippen LogP contribution >= 0.6 is 11.6 Å². The summed E-state index contributed by atoms with van der Waals surface area (Å²) in [6.07, 6.45) is 2.90. The largest absolute Gasteiger partial charge is 0.454 e. The van der Waals surface area contributed by atoms with E-state index >= 15 is 0 Å². The molecule has 3 amide bonds. The van der Waals surface area contributed by atoms with Gasteiger partial charge in [-0.2, -0.15) is 0 Å². The van der Waals surface area contributed by atoms with Crippen LogP contribution in [0.2, 0.25) is 5.02 Å². The zero-order chi connectivity index (χ0) is 19.1. The van der Waals surface area contributed by atoms with Gasteiger partial charge in [0, 0.05) is 10.7 Å². The molecule has 0 spiro atoms. The first-order valence-corrected chi connectivity index (χ1v) is 9.38. The zero-order valence-corrected chi connectivity index (χ0v) is 15.3. The van der Waals surface area contributed by atoms with Crippen LogP contribution in [0, 0.1) is 23.7 Å². The van der Waals surface area contributed by atoms with Crippen molar-refractivity contribution in [1.29, 1.82) is 0 Å². The van der Waals surface area contributed by atoms with Gasteiger partial charge in [-0.1, -0.05) is 11.6 Å². The highest BCUT2D eigenvalue weighted by atomic mass is 35.5. The fraction of sp³-hybridized carbons (Fsp3) is 0.474. The number of hydrogen-bond donors (Lipinski definition) is 1. The lowest BCUT2D eigenvalue weighted by Gasteiger charge is -2.19. The van der Waals surface area contributed by atoms with E-state index in [1.807, 2.05) is 0 Å². The number of halogens is 1. The van der Waals surface area contributed by atoms with Gasteiger partial charge in [0.15, 0.2) is 6.61 Å². The molecular weight excluding hydrogens is 372 g/mol. The standard InChI is InChI=1S/C19H19ClN2O5/c20-12-3-5-13(6-4-12)21-14(23)9-27-15(24)8-22-18(25)16-10-1-2-11(7-10)17(16)19(22)26/h3-6,10-11,16-17H,1-2,7-9H2,(H,21,23)/t10-,11-,16-,17+/m1/s1. The lowest BCUT2D eigenvalue weighted by molar-refractivity contribution is -0.154. The highest BCUT2D eigenvalue weighted by molar-refractivity contribution is 6.30. The van der Waals surface area contributed by atoms with Gasteiger partial charge in [-0.05, 0) is 55.4 Å². The summed E-state index contributed by atoms with van der Waals surface area (Å²) in [5, 5.41) is 3.11. The topological polar surface area (TPSA) is 92.8 Å². The molecule has 0 unspecified atom stereocenters. The van der Waals surface area contributed by atoms with Gasteiger partial charge in [-0.15, -0.1) is 0 Å². The number of nitrogens with zero attached hydrogens (tertiary/aromatic N) is 1. The molecule has 2 bridgehead atoms. The fourth-order valence-electron chi connectivity index (χ4n) is 4.68. The minimum atomic E-state index is -0.768. The Morgan fingerprint density at radius 3 is 2.26 bits per heavy atom. The molecule has 27 heavy (non-hydrogen) atoms. The third-order valence-corrected chi connectivity index (χ3v) is 6.05. The molecule has 1 N–H and O–H groups in total. The molecule has 7 nitrogen and oxygen atoms in total. The van der Waals surface area contributed by atoms with Crippen molar-refractivity contribution in [1.82, 2.24) is 4.90 Å². The molecule has 1 saturated heterocycles. The average Bonchev–Trinajstić information content (AvgIpc) is 3.32. The quantitative estimate of drug-likeness (QED) is 0.611. The summed E-state index contributed by atoms with van der Waals surface area (Å²) in [5.41, 5.74) is 0.522. The van der Waals surface area contributed by atoms with Gasteiger partial charge in [0.1, 0.15) is 6.54 Å². The van der Waals surface area contributed by atoms with Crippen LogP contribution in [0.4, 0.5) is 5.69 Å². The van der Waals surface area contributed by atoms with Crippen LogP contribution in [-0.2, 0) is 23.9 Å². The molecule has 2 saturated carbocycles. The van der Waals surface area contributed by atoms with Crippen molar-refractivity contribution in [3.8, 4) is 0 Å². The molecule has 142 valence electrons. The number of likely N-dealkylation sites (tertiary alicyclic amines) is 1. The van der Waals surface area contributed by atoms with E-state index in [2.05, 4.69) is 5.32 Å². The second kappa shape index (κ2) is 6.96. The molecule has 8 heteroatoms. The lowest BCUT2D eigenvalue weighted by atomic mass is 9.81. The summed E-state index contributed by atoms with van der Waals surface area (Å²) >= 11 is 5.77. The van der Waals surface area contributed by atoms with Gasteiger partial charge in [-0.3, -0.25) is 24.1 Å². The predicted octanol–water partition coefficient (Wildman–Crippen LogP) is 1.85. The molecule has 1 aromatic carbocycles. The number of hydrogen-bond acceptors (Lipinski definition) is 5. The molecule has 4 atom stereocenters. The van der Waals surface area contributed by atoms with Crippen LogP contribution < -0.4 is 5.32 Å². The average molecular weight is 391 g/mol. The first-order chi connectivity index (χ1) is 12.9. The molecule has 0 radical (unpaired) electrons. The molecular formula is C19H19ClN2O5. The summed E-state index contributed by atoms with van der Waals surface area (Å²) in [7, 11) is 0. The van der Waals surface area contributed by atoms with E-state index in [1.165, 1.54) is 0 Å². The summed E-state index contributed by atoms with van der Waals surface area (Å²) in [5.74, 6) is -1.81. The summed E-state index contributed by atoms with van der Waals surface area (Å²) in [6, 6.07) is 6.49. The number of rotatable bonds is 5. The number of benzene rings is 1. The number of fused-ring (bicyclic) bond motifs is 5. The van der Waals surface area contributed by atoms with Gasteiger partial charge in [0.25, 0.3) is 5.91 Å². The van der Waals surface area contributed by atoms with Crippen molar-refractivity contribution in [2.24, 2.45) is 23.7 Å². The molecule has 2 aliphatic carbocycles. The van der Waals surface area contributed by atoms with E-state index < -0.39 is 25.0 Å². The third-order valence-electron chi connectivity index (χ3n) is 5.80. The monoisotopic (exact) mass is 390 g/mol. The second-order valence-electron chi connectivity index (χ2n) is 7.36. The van der Waals surface area contributed by atoms with E-state index in [0.717, 1.165) is 24.2 Å². The Hall–Kier alpha value is -2.41. The number of amides is 3. The van der Waals surface area contributed by atoms with Crippen LogP contribution in [0.15, 0.2) is 24.3 Å². The maximum absolute atomic E-state index is 12.5. The van der Waals surface area contributed by atoms with Crippen molar-refractivity contribution < 1.29 is 23.9 Å². The minimum Gasteiger partial charge on any atom is -0.454 e. The van der Waals surface area contributed by atoms with Gasteiger partial charge in [-0.25, -0.2) is 0 Å². The third kappa shape index (κ3) is 3.32. The molecule has 1 heterocycles. The Labute approximate surface area is 161 Å². The highest BCUT2D eigenvalue weighted by Gasteiger charge is 2.61. The number of esters is 1. The lowest BCUT2D eigenvalue weighted by Crippen LogP contribution is -2.38. The Balaban J connectivity index is 1.28. The SMILES string of the molecule is O=C(COC(=O)CN1C(=O)[C@@H]2[C@@H]3CC[C@H](C3)[C@@H]2C1=O)Nc1ccc(Cl)cc1. The number of ether oxygens (including phenoxy) is 1. The second-order valence-corrected chi connectivity index (χ2v) is 7.80. The number of carbonyl (C=O) groups excluding carboxylic acids is 4. The number of nitrogens with one attached hydrogen (secondary N) is 1. The van der Waals surface area contributed by atoms with E-state index in [9.17, 15) is 19.2 Å². The fourth-order valence-corrected chi connectivity index (χ4v) is 4.80. The van der Waals surface area contributed by atoms with E-state index in [-0.39, 0.29) is 35.5 Å². The molecule has 1 aliphatic heterocycles. The zero-order valence-electron chi connectivity index (χ0n) is 14.5. The summed E-state index contributed by atoms with van der Waals surface area (Å²) in [6.45, 7) is -0.923. The maximum Gasteiger partial charge on any atom is 0.326 e. The molecule has 4 rings (SSSR count). The first kappa shape index (κ1) is 18.0. The summed E-state index contributed by atoms with van der Waals surface area (Å²) < 4.78 is 4.93.